The summed E-state index contributed by atoms with van der Waals surface area (Å²) < 4.78 is 38.9. The van der Waals surface area contributed by atoms with E-state index >= 15 is 0 Å². The van der Waals surface area contributed by atoms with Crippen LogP contribution in [0.3, 0.4) is 0 Å². The number of aromatic hydroxyl groups is 1. The van der Waals surface area contributed by atoms with Crippen LogP contribution in [0, 0.1) is 6.92 Å². The molecular formula is C26H23F3N4O2. The molecule has 0 radical (unpaired) electrons. The summed E-state index contributed by atoms with van der Waals surface area (Å²) in [6, 6.07) is 15.1. The maximum atomic E-state index is 13.7. The summed E-state index contributed by atoms with van der Waals surface area (Å²) in [4.78, 5) is 23.5. The van der Waals surface area contributed by atoms with E-state index in [0.29, 0.717) is 28.2 Å². The van der Waals surface area contributed by atoms with Crippen LogP contribution in [0.4, 0.5) is 19.0 Å². The molecular weight excluding hydrogens is 457 g/mol. The van der Waals surface area contributed by atoms with Gasteiger partial charge in [-0.05, 0) is 73.5 Å². The van der Waals surface area contributed by atoms with Crippen molar-refractivity contribution in [2.75, 3.05) is 5.73 Å². The Bertz CT molecular complexity index is 1390. The number of halogens is 3. The summed E-state index contributed by atoms with van der Waals surface area (Å²) in [6.45, 7) is 3.57. The van der Waals surface area contributed by atoms with Crippen LogP contribution in [0.25, 0.3) is 10.9 Å². The average Bonchev–Trinajstić information content (AvgIpc) is 2.82. The second-order valence-corrected chi connectivity index (χ2v) is 8.34. The smallest absolute Gasteiger partial charge is 0.417 e. The van der Waals surface area contributed by atoms with E-state index in [9.17, 15) is 23.1 Å². The Morgan fingerprint density at radius 2 is 1.89 bits per heavy atom. The van der Waals surface area contributed by atoms with Crippen molar-refractivity contribution in [2.24, 2.45) is 0 Å². The van der Waals surface area contributed by atoms with Gasteiger partial charge in [0.1, 0.15) is 11.6 Å². The van der Waals surface area contributed by atoms with Crippen LogP contribution in [0.2, 0.25) is 0 Å². The molecule has 2 heterocycles. The highest BCUT2D eigenvalue weighted by atomic mass is 19.4. The van der Waals surface area contributed by atoms with Gasteiger partial charge in [0.05, 0.1) is 29.4 Å². The number of nitrogens with two attached hydrogens (primary N) is 1. The van der Waals surface area contributed by atoms with Crippen molar-refractivity contribution in [3.05, 3.63) is 94.8 Å². The highest BCUT2D eigenvalue weighted by Crippen LogP contribution is 2.30. The molecule has 0 bridgehead atoms. The molecule has 2 aromatic heterocycles. The molecule has 9 heteroatoms. The normalized spacial score (nSPS) is 12.5. The number of aromatic nitrogens is 2. The molecule has 0 fully saturated rings. The second kappa shape index (κ2) is 9.25. The van der Waals surface area contributed by atoms with Gasteiger partial charge in [0.2, 0.25) is 0 Å². The number of alkyl halides is 3. The standard InChI is InChI=1S/C26H23F3N4O2/c1-15-10-19-11-18(6-9-23(19)32-24(15)30)25(35)33(16(2)17-4-3-5-22(34)12-17)14-21-8-7-20(13-31-21)26(27,28)29/h3-13,16,34H,14H2,1-2H3,(H2,30,32). The number of amides is 1. The van der Waals surface area contributed by atoms with E-state index in [1.165, 1.54) is 17.0 Å². The van der Waals surface area contributed by atoms with Gasteiger partial charge >= 0.3 is 6.18 Å². The van der Waals surface area contributed by atoms with E-state index in [0.717, 1.165) is 23.2 Å². The van der Waals surface area contributed by atoms with Crippen molar-refractivity contribution in [2.45, 2.75) is 32.6 Å². The lowest BCUT2D eigenvalue weighted by molar-refractivity contribution is -0.137. The van der Waals surface area contributed by atoms with Crippen LogP contribution in [-0.2, 0) is 12.7 Å². The fourth-order valence-corrected chi connectivity index (χ4v) is 3.81. The monoisotopic (exact) mass is 480 g/mol. The van der Waals surface area contributed by atoms with Crippen LogP contribution in [0.15, 0.2) is 66.9 Å². The quantitative estimate of drug-likeness (QED) is 0.385. The number of fused-ring (bicyclic) bond motifs is 1. The molecule has 4 aromatic rings. The van der Waals surface area contributed by atoms with Crippen LogP contribution < -0.4 is 5.73 Å². The summed E-state index contributed by atoms with van der Waals surface area (Å²) in [6.07, 6.45) is -3.75. The fraction of sp³-hybridized carbons (Fsp3) is 0.192. The largest absolute Gasteiger partial charge is 0.508 e. The zero-order valence-corrected chi connectivity index (χ0v) is 19.0. The van der Waals surface area contributed by atoms with Gasteiger partial charge in [-0.3, -0.25) is 9.78 Å². The Morgan fingerprint density at radius 3 is 2.54 bits per heavy atom. The van der Waals surface area contributed by atoms with Crippen LogP contribution in [0.5, 0.6) is 5.75 Å². The molecule has 0 spiro atoms. The summed E-state index contributed by atoms with van der Waals surface area (Å²) in [5, 5.41) is 10.7. The van der Waals surface area contributed by atoms with Crippen molar-refractivity contribution in [1.82, 2.24) is 14.9 Å². The van der Waals surface area contributed by atoms with Crippen LogP contribution >= 0.6 is 0 Å². The van der Waals surface area contributed by atoms with Gasteiger partial charge in [-0.15, -0.1) is 0 Å². The molecule has 1 unspecified atom stereocenters. The van der Waals surface area contributed by atoms with E-state index in [-0.39, 0.29) is 18.2 Å². The summed E-state index contributed by atoms with van der Waals surface area (Å²) >= 11 is 0. The topological polar surface area (TPSA) is 92.3 Å². The minimum Gasteiger partial charge on any atom is -0.508 e. The Hall–Kier alpha value is -4.14. The predicted octanol–water partition coefficient (Wildman–Crippen LogP) is 5.65. The van der Waals surface area contributed by atoms with E-state index in [1.807, 2.05) is 13.0 Å². The first-order chi connectivity index (χ1) is 16.5. The minimum absolute atomic E-state index is 0.0369. The average molecular weight is 480 g/mol. The van der Waals surface area contributed by atoms with E-state index < -0.39 is 17.8 Å². The SMILES string of the molecule is Cc1cc2cc(C(=O)N(Cc3ccc(C(F)(F)F)cn3)C(C)c3cccc(O)c3)ccc2nc1N. The van der Waals surface area contributed by atoms with E-state index in [4.69, 9.17) is 5.73 Å². The van der Waals surface area contributed by atoms with Gasteiger partial charge in [0.25, 0.3) is 5.91 Å². The molecule has 0 saturated heterocycles. The van der Waals surface area contributed by atoms with Crippen LogP contribution in [0.1, 0.15) is 45.7 Å². The van der Waals surface area contributed by atoms with Crippen molar-refractivity contribution in [3.63, 3.8) is 0 Å². The highest BCUT2D eigenvalue weighted by molar-refractivity contribution is 5.98. The van der Waals surface area contributed by atoms with Crippen molar-refractivity contribution < 1.29 is 23.1 Å². The van der Waals surface area contributed by atoms with E-state index in [1.54, 1.807) is 43.3 Å². The van der Waals surface area contributed by atoms with E-state index in [2.05, 4.69) is 9.97 Å². The summed E-state index contributed by atoms with van der Waals surface area (Å²) in [7, 11) is 0. The third-order valence-corrected chi connectivity index (χ3v) is 5.86. The molecule has 4 rings (SSSR count). The van der Waals surface area contributed by atoms with Crippen molar-refractivity contribution in [1.29, 1.82) is 0 Å². The first kappa shape index (κ1) is 24.0. The van der Waals surface area contributed by atoms with Crippen LogP contribution in [-0.4, -0.2) is 25.9 Å². The molecule has 0 saturated carbocycles. The molecule has 1 amide bonds. The molecule has 0 aliphatic heterocycles. The number of hydrogen-bond donors (Lipinski definition) is 2. The maximum absolute atomic E-state index is 13.7. The fourth-order valence-electron chi connectivity index (χ4n) is 3.81. The number of pyridine rings is 2. The Labute approximate surface area is 199 Å². The predicted molar refractivity (Wildman–Crippen MR) is 127 cm³/mol. The number of hydrogen-bond acceptors (Lipinski definition) is 5. The Morgan fingerprint density at radius 1 is 1.11 bits per heavy atom. The molecule has 1 atom stereocenters. The minimum atomic E-state index is -4.50. The number of nitrogen functional groups attached to an aromatic ring is 1. The molecule has 35 heavy (non-hydrogen) atoms. The number of carbonyl (C=O) groups excluding carboxylic acids is 1. The number of benzene rings is 2. The number of aryl methyl sites for hydroxylation is 1. The first-order valence-corrected chi connectivity index (χ1v) is 10.8. The molecule has 0 aliphatic carbocycles. The summed E-state index contributed by atoms with van der Waals surface area (Å²) in [5.41, 5.74) is 7.78. The molecule has 6 nitrogen and oxygen atoms in total. The number of phenols is 1. The molecule has 3 N–H and O–H groups in total. The molecule has 2 aromatic carbocycles. The Kier molecular flexibility index (Phi) is 6.34. The summed E-state index contributed by atoms with van der Waals surface area (Å²) in [5.74, 6) is 0.0993. The second-order valence-electron chi connectivity index (χ2n) is 8.34. The van der Waals surface area contributed by atoms with Gasteiger partial charge in [-0.25, -0.2) is 4.98 Å². The first-order valence-electron chi connectivity index (χ1n) is 10.8. The number of nitrogens with zero attached hydrogens (tertiary/aromatic N) is 3. The van der Waals surface area contributed by atoms with Gasteiger partial charge in [0.15, 0.2) is 0 Å². The molecule has 0 aliphatic rings. The lowest BCUT2D eigenvalue weighted by Gasteiger charge is -2.30. The van der Waals surface area contributed by atoms with Gasteiger partial charge < -0.3 is 15.7 Å². The maximum Gasteiger partial charge on any atom is 0.417 e. The number of carbonyl (C=O) groups is 1. The third-order valence-electron chi connectivity index (χ3n) is 5.86. The lowest BCUT2D eigenvalue weighted by Crippen LogP contribution is -2.33. The third kappa shape index (κ3) is 5.18. The number of phenolic OH excluding ortho intramolecular Hbond substituents is 1. The van der Waals surface area contributed by atoms with Crippen molar-refractivity contribution in [3.8, 4) is 5.75 Å². The van der Waals surface area contributed by atoms with Gasteiger partial charge in [0, 0.05) is 17.1 Å². The number of anilines is 1. The molecule has 180 valence electrons. The van der Waals surface area contributed by atoms with Crippen molar-refractivity contribution >= 4 is 22.6 Å². The van der Waals surface area contributed by atoms with Gasteiger partial charge in [-0.2, -0.15) is 13.2 Å². The Balaban J connectivity index is 1.72. The highest BCUT2D eigenvalue weighted by Gasteiger charge is 2.31. The number of rotatable bonds is 5. The van der Waals surface area contributed by atoms with Gasteiger partial charge in [-0.1, -0.05) is 12.1 Å². The zero-order valence-electron chi connectivity index (χ0n) is 19.0. The lowest BCUT2D eigenvalue weighted by atomic mass is 10.0. The zero-order chi connectivity index (χ0) is 25.3.